The molecule has 0 aromatic carbocycles. The van der Waals surface area contributed by atoms with Crippen molar-refractivity contribution in [1.29, 1.82) is 0 Å². The van der Waals surface area contributed by atoms with E-state index in [1.165, 1.54) is 43.9 Å². The molecule has 0 saturated carbocycles. The van der Waals surface area contributed by atoms with E-state index in [2.05, 4.69) is 29.0 Å². The molecule has 2 rings (SSSR count). The minimum Gasteiger partial charge on any atom is -0.314 e. The summed E-state index contributed by atoms with van der Waals surface area (Å²) in [6.45, 7) is 2.52. The lowest BCUT2D eigenvalue weighted by atomic mass is 10.1. The molecule has 0 aromatic rings. The van der Waals surface area contributed by atoms with Crippen LogP contribution in [0.2, 0.25) is 0 Å². The van der Waals surface area contributed by atoms with Gasteiger partial charge in [0.1, 0.15) is 0 Å². The molecule has 0 amide bonds. The van der Waals surface area contributed by atoms with Gasteiger partial charge < -0.3 is 10.2 Å². The predicted octanol–water partition coefficient (Wildman–Crippen LogP) is 1.18. The molecule has 13 heavy (non-hydrogen) atoms. The molecule has 2 aliphatic heterocycles. The van der Waals surface area contributed by atoms with E-state index in [0.717, 1.165) is 12.1 Å². The van der Waals surface area contributed by atoms with E-state index >= 15 is 0 Å². The molecule has 0 aromatic heterocycles. The number of thioether (sulfide) groups is 1. The normalized spacial score (nSPS) is 29.5. The zero-order valence-corrected chi connectivity index (χ0v) is 9.28. The minimum absolute atomic E-state index is 0.815. The van der Waals surface area contributed by atoms with Crippen LogP contribution < -0.4 is 5.32 Å². The summed E-state index contributed by atoms with van der Waals surface area (Å²) in [6, 6.07) is 1.70. The zero-order valence-electron chi connectivity index (χ0n) is 8.46. The quantitative estimate of drug-likeness (QED) is 0.733. The maximum atomic E-state index is 3.56. The second kappa shape index (κ2) is 4.67. The lowest BCUT2D eigenvalue weighted by molar-refractivity contribution is 0.258. The Hall–Kier alpha value is 0.270. The third kappa shape index (κ3) is 2.61. The van der Waals surface area contributed by atoms with Gasteiger partial charge in [-0.15, -0.1) is 0 Å². The minimum atomic E-state index is 0.815. The molecule has 1 unspecified atom stereocenters. The summed E-state index contributed by atoms with van der Waals surface area (Å²) in [5.74, 6) is 2.71. The first-order valence-electron chi connectivity index (χ1n) is 5.37. The first kappa shape index (κ1) is 9.81. The van der Waals surface area contributed by atoms with Crippen LogP contribution in [0.4, 0.5) is 0 Å². The third-order valence-electron chi connectivity index (χ3n) is 3.24. The molecule has 2 aliphatic rings. The van der Waals surface area contributed by atoms with Gasteiger partial charge >= 0.3 is 0 Å². The maximum Gasteiger partial charge on any atom is 0.0273 e. The van der Waals surface area contributed by atoms with E-state index in [4.69, 9.17) is 0 Å². The average Bonchev–Trinajstić information content (AvgIpc) is 2.49. The van der Waals surface area contributed by atoms with E-state index < -0.39 is 0 Å². The second-order valence-electron chi connectivity index (χ2n) is 4.25. The summed E-state index contributed by atoms with van der Waals surface area (Å²) in [7, 11) is 2.28. The molecule has 1 N–H and O–H groups in total. The predicted molar refractivity (Wildman–Crippen MR) is 59.4 cm³/mol. The summed E-state index contributed by atoms with van der Waals surface area (Å²) in [6.07, 6.45) is 4.12. The SMILES string of the molecule is CN(CCC1CCCN1)C1CSC1. The Morgan fingerprint density at radius 1 is 1.46 bits per heavy atom. The molecule has 0 aliphatic carbocycles. The van der Waals surface area contributed by atoms with Gasteiger partial charge in [-0.3, -0.25) is 0 Å². The highest BCUT2D eigenvalue weighted by Gasteiger charge is 2.23. The molecule has 0 radical (unpaired) electrons. The lowest BCUT2D eigenvalue weighted by Gasteiger charge is -2.34. The first-order chi connectivity index (χ1) is 6.36. The van der Waals surface area contributed by atoms with Gasteiger partial charge in [-0.2, -0.15) is 11.8 Å². The summed E-state index contributed by atoms with van der Waals surface area (Å²) in [5, 5.41) is 3.56. The number of hydrogen-bond acceptors (Lipinski definition) is 3. The molecule has 0 spiro atoms. The topological polar surface area (TPSA) is 15.3 Å². The monoisotopic (exact) mass is 200 g/mol. The van der Waals surface area contributed by atoms with Crippen molar-refractivity contribution < 1.29 is 0 Å². The molecular formula is C10H20N2S. The van der Waals surface area contributed by atoms with Crippen LogP contribution in [0.3, 0.4) is 0 Å². The van der Waals surface area contributed by atoms with Crippen LogP contribution >= 0.6 is 11.8 Å². The first-order valence-corrected chi connectivity index (χ1v) is 6.53. The van der Waals surface area contributed by atoms with Gasteiger partial charge in [0.15, 0.2) is 0 Å². The van der Waals surface area contributed by atoms with Gasteiger partial charge in [0.2, 0.25) is 0 Å². The van der Waals surface area contributed by atoms with Crippen molar-refractivity contribution in [2.75, 3.05) is 31.6 Å². The lowest BCUT2D eigenvalue weighted by Crippen LogP contribution is -2.43. The Balaban J connectivity index is 1.60. The van der Waals surface area contributed by atoms with Gasteiger partial charge in [0.05, 0.1) is 0 Å². The molecule has 1 atom stereocenters. The van der Waals surface area contributed by atoms with Gasteiger partial charge in [0, 0.05) is 23.6 Å². The van der Waals surface area contributed by atoms with Crippen molar-refractivity contribution in [3.05, 3.63) is 0 Å². The molecule has 76 valence electrons. The standard InChI is InChI=1S/C10H20N2S/c1-12(10-7-13-8-10)6-4-9-3-2-5-11-9/h9-11H,2-8H2,1H3. The van der Waals surface area contributed by atoms with Gasteiger partial charge in [0.25, 0.3) is 0 Å². The van der Waals surface area contributed by atoms with Gasteiger partial charge in [-0.1, -0.05) is 0 Å². The van der Waals surface area contributed by atoms with Crippen molar-refractivity contribution in [2.24, 2.45) is 0 Å². The number of rotatable bonds is 4. The fraction of sp³-hybridized carbons (Fsp3) is 1.00. The fourth-order valence-electron chi connectivity index (χ4n) is 2.02. The number of nitrogens with one attached hydrogen (secondary N) is 1. The summed E-state index contributed by atoms with van der Waals surface area (Å²) < 4.78 is 0. The van der Waals surface area contributed by atoms with Crippen molar-refractivity contribution in [3.8, 4) is 0 Å². The largest absolute Gasteiger partial charge is 0.314 e. The molecule has 2 saturated heterocycles. The number of nitrogens with zero attached hydrogens (tertiary/aromatic N) is 1. The highest BCUT2D eigenvalue weighted by atomic mass is 32.2. The highest BCUT2D eigenvalue weighted by Crippen LogP contribution is 2.22. The van der Waals surface area contributed by atoms with Crippen LogP contribution in [-0.2, 0) is 0 Å². The van der Waals surface area contributed by atoms with E-state index in [9.17, 15) is 0 Å². The third-order valence-corrected chi connectivity index (χ3v) is 4.48. The van der Waals surface area contributed by atoms with Crippen LogP contribution in [0.5, 0.6) is 0 Å². The Labute approximate surface area is 85.4 Å². The number of hydrogen-bond donors (Lipinski definition) is 1. The molecule has 2 fully saturated rings. The Bertz CT molecular complexity index is 153. The maximum absolute atomic E-state index is 3.56. The van der Waals surface area contributed by atoms with Gasteiger partial charge in [-0.05, 0) is 39.4 Å². The smallest absolute Gasteiger partial charge is 0.0273 e. The Morgan fingerprint density at radius 3 is 2.85 bits per heavy atom. The van der Waals surface area contributed by atoms with Crippen molar-refractivity contribution in [1.82, 2.24) is 10.2 Å². The second-order valence-corrected chi connectivity index (χ2v) is 5.33. The van der Waals surface area contributed by atoms with E-state index in [0.29, 0.717) is 0 Å². The van der Waals surface area contributed by atoms with Crippen LogP contribution in [0.25, 0.3) is 0 Å². The average molecular weight is 200 g/mol. The van der Waals surface area contributed by atoms with E-state index in [1.807, 2.05) is 0 Å². The van der Waals surface area contributed by atoms with E-state index in [-0.39, 0.29) is 0 Å². The molecule has 0 bridgehead atoms. The highest BCUT2D eigenvalue weighted by molar-refractivity contribution is 8.00. The Kier molecular flexibility index (Phi) is 3.52. The van der Waals surface area contributed by atoms with Crippen molar-refractivity contribution in [2.45, 2.75) is 31.3 Å². The Morgan fingerprint density at radius 2 is 2.31 bits per heavy atom. The van der Waals surface area contributed by atoms with Crippen LogP contribution in [0.1, 0.15) is 19.3 Å². The van der Waals surface area contributed by atoms with Crippen molar-refractivity contribution >= 4 is 11.8 Å². The van der Waals surface area contributed by atoms with Crippen LogP contribution in [0.15, 0.2) is 0 Å². The van der Waals surface area contributed by atoms with Crippen LogP contribution in [0, 0.1) is 0 Å². The van der Waals surface area contributed by atoms with E-state index in [1.54, 1.807) is 0 Å². The molecule has 2 nitrogen and oxygen atoms in total. The summed E-state index contributed by atoms with van der Waals surface area (Å²) in [4.78, 5) is 2.54. The fourth-order valence-corrected chi connectivity index (χ4v) is 2.98. The van der Waals surface area contributed by atoms with Gasteiger partial charge in [-0.25, -0.2) is 0 Å². The summed E-state index contributed by atoms with van der Waals surface area (Å²) in [5.41, 5.74) is 0. The zero-order chi connectivity index (χ0) is 9.10. The molecular weight excluding hydrogens is 180 g/mol. The molecule has 2 heterocycles. The van der Waals surface area contributed by atoms with Crippen molar-refractivity contribution in [3.63, 3.8) is 0 Å². The summed E-state index contributed by atoms with van der Waals surface area (Å²) >= 11 is 2.07. The van der Waals surface area contributed by atoms with Crippen LogP contribution in [-0.4, -0.2) is 48.6 Å². The molecule has 3 heteroatoms.